The first-order chi connectivity index (χ1) is 7.60. The van der Waals surface area contributed by atoms with E-state index >= 15 is 0 Å². The molecule has 0 aliphatic carbocycles. The van der Waals surface area contributed by atoms with Gasteiger partial charge < -0.3 is 5.11 Å². The second kappa shape index (κ2) is 6.52. The lowest BCUT2D eigenvalue weighted by molar-refractivity contribution is 0.250. The highest BCUT2D eigenvalue weighted by Crippen LogP contribution is 2.25. The van der Waals surface area contributed by atoms with Crippen molar-refractivity contribution in [2.45, 2.75) is 33.1 Å². The van der Waals surface area contributed by atoms with Gasteiger partial charge in [0.15, 0.2) is 0 Å². The monoisotopic (exact) mass is 262 g/mol. The summed E-state index contributed by atoms with van der Waals surface area (Å²) in [5.74, 6) is 2.14. The zero-order valence-electron chi connectivity index (χ0n) is 10.0. The molecule has 1 heterocycles. The molecule has 1 aromatic heterocycles. The Morgan fingerprint density at radius 3 is 2.81 bits per heavy atom. The Balaban J connectivity index is 2.59. The van der Waals surface area contributed by atoms with Crippen LogP contribution in [0, 0.1) is 12.8 Å². The second-order valence-corrected chi connectivity index (χ2v) is 5.37. The van der Waals surface area contributed by atoms with Gasteiger partial charge in [-0.2, -0.15) is 16.9 Å². The van der Waals surface area contributed by atoms with Gasteiger partial charge in [-0.15, -0.1) is 0 Å². The van der Waals surface area contributed by atoms with Crippen LogP contribution in [0.3, 0.4) is 0 Å². The minimum absolute atomic E-state index is 0.243. The lowest BCUT2D eigenvalue weighted by Gasteiger charge is -2.08. The molecule has 0 amide bonds. The number of nitrogens with zero attached hydrogens (tertiary/aromatic N) is 2. The molecule has 1 unspecified atom stereocenters. The molecule has 0 radical (unpaired) electrons. The van der Waals surface area contributed by atoms with Gasteiger partial charge in [0.1, 0.15) is 0 Å². The molecule has 0 fully saturated rings. The van der Waals surface area contributed by atoms with Gasteiger partial charge >= 0.3 is 0 Å². The Labute approximate surface area is 106 Å². The Morgan fingerprint density at radius 1 is 1.56 bits per heavy atom. The predicted molar refractivity (Wildman–Crippen MR) is 70.1 cm³/mol. The van der Waals surface area contributed by atoms with Gasteiger partial charge in [0.05, 0.1) is 16.4 Å². The smallest absolute Gasteiger partial charge is 0.0855 e. The number of aryl methyl sites for hydroxylation is 2. The van der Waals surface area contributed by atoms with Crippen LogP contribution in [-0.2, 0) is 12.3 Å². The van der Waals surface area contributed by atoms with E-state index in [1.807, 2.05) is 18.5 Å². The summed E-state index contributed by atoms with van der Waals surface area (Å²) in [6.45, 7) is 7.12. The number of aromatic nitrogens is 2. The molecule has 5 heteroatoms. The maximum absolute atomic E-state index is 8.93. The van der Waals surface area contributed by atoms with E-state index in [2.05, 4.69) is 12.0 Å². The Hall–Kier alpha value is -0.190. The van der Waals surface area contributed by atoms with Gasteiger partial charge in [-0.1, -0.05) is 18.5 Å². The summed E-state index contributed by atoms with van der Waals surface area (Å²) in [6, 6.07) is 0. The Bertz CT molecular complexity index is 341. The Kier molecular flexibility index (Phi) is 5.66. The second-order valence-electron chi connectivity index (χ2n) is 3.96. The maximum Gasteiger partial charge on any atom is 0.0855 e. The molecule has 0 saturated heterocycles. The van der Waals surface area contributed by atoms with E-state index in [0.717, 1.165) is 34.5 Å². The number of hydrogen-bond donors (Lipinski definition) is 1. The van der Waals surface area contributed by atoms with Crippen molar-refractivity contribution in [1.82, 2.24) is 9.78 Å². The molecule has 0 aliphatic rings. The number of hydrogen-bond acceptors (Lipinski definition) is 3. The van der Waals surface area contributed by atoms with E-state index < -0.39 is 0 Å². The van der Waals surface area contributed by atoms with Crippen molar-refractivity contribution >= 4 is 23.4 Å². The van der Waals surface area contributed by atoms with Gasteiger partial charge in [-0.3, -0.25) is 4.68 Å². The summed E-state index contributed by atoms with van der Waals surface area (Å²) in [4.78, 5) is 0. The molecule has 1 N–H and O–H groups in total. The molecule has 0 saturated carbocycles. The maximum atomic E-state index is 8.93. The van der Waals surface area contributed by atoms with Crippen molar-refractivity contribution in [3.8, 4) is 0 Å². The molecule has 1 atom stereocenters. The van der Waals surface area contributed by atoms with Gasteiger partial charge in [0.25, 0.3) is 0 Å². The summed E-state index contributed by atoms with van der Waals surface area (Å²) in [7, 11) is 0. The number of rotatable bonds is 6. The first kappa shape index (κ1) is 13.9. The fraction of sp³-hybridized carbons (Fsp3) is 0.727. The van der Waals surface area contributed by atoms with Crippen molar-refractivity contribution < 1.29 is 5.11 Å². The van der Waals surface area contributed by atoms with Gasteiger partial charge in [0.2, 0.25) is 0 Å². The van der Waals surface area contributed by atoms with Crippen LogP contribution < -0.4 is 0 Å². The molecule has 0 aliphatic heterocycles. The Morgan fingerprint density at radius 2 is 2.25 bits per heavy atom. The molecule has 1 aromatic rings. The van der Waals surface area contributed by atoms with E-state index in [4.69, 9.17) is 16.7 Å². The van der Waals surface area contributed by atoms with Crippen molar-refractivity contribution in [2.75, 3.05) is 12.4 Å². The normalized spacial score (nSPS) is 13.1. The molecule has 1 rings (SSSR count). The summed E-state index contributed by atoms with van der Waals surface area (Å²) >= 11 is 7.99. The topological polar surface area (TPSA) is 38.0 Å². The largest absolute Gasteiger partial charge is 0.396 e. The minimum atomic E-state index is 0.243. The van der Waals surface area contributed by atoms with Gasteiger partial charge in [0, 0.05) is 18.9 Å². The average Bonchev–Trinajstić information content (AvgIpc) is 2.56. The fourth-order valence-electron chi connectivity index (χ4n) is 1.42. The molecule has 0 spiro atoms. The first-order valence-electron chi connectivity index (χ1n) is 5.50. The van der Waals surface area contributed by atoms with E-state index in [9.17, 15) is 0 Å². The van der Waals surface area contributed by atoms with Crippen molar-refractivity contribution in [3.63, 3.8) is 0 Å². The first-order valence-corrected chi connectivity index (χ1v) is 7.03. The summed E-state index contributed by atoms with van der Waals surface area (Å²) in [5, 5.41) is 14.1. The molecular weight excluding hydrogens is 244 g/mol. The average molecular weight is 263 g/mol. The van der Waals surface area contributed by atoms with Crippen LogP contribution in [0.4, 0.5) is 0 Å². The third kappa shape index (κ3) is 3.40. The summed E-state index contributed by atoms with van der Waals surface area (Å²) < 4.78 is 1.95. The van der Waals surface area contributed by atoms with Crippen molar-refractivity contribution in [3.05, 3.63) is 16.4 Å². The van der Waals surface area contributed by atoms with E-state index in [1.165, 1.54) is 0 Å². The van der Waals surface area contributed by atoms with Gasteiger partial charge in [-0.05, 0) is 25.5 Å². The molecular formula is C11H19ClN2OS. The lowest BCUT2D eigenvalue weighted by Crippen LogP contribution is -2.06. The summed E-state index contributed by atoms with van der Waals surface area (Å²) in [5.41, 5.74) is 1.99. The highest BCUT2D eigenvalue weighted by atomic mass is 35.5. The summed E-state index contributed by atoms with van der Waals surface area (Å²) in [6.07, 6.45) is 0. The molecule has 0 bridgehead atoms. The van der Waals surface area contributed by atoms with E-state index in [1.54, 1.807) is 11.8 Å². The van der Waals surface area contributed by atoms with Crippen molar-refractivity contribution in [2.24, 2.45) is 5.92 Å². The molecule has 92 valence electrons. The highest BCUT2D eigenvalue weighted by Gasteiger charge is 2.12. The number of halogens is 1. The third-order valence-electron chi connectivity index (χ3n) is 2.41. The molecule has 16 heavy (non-hydrogen) atoms. The standard InChI is InChI=1S/C11H19ClN2OS/c1-4-14-10(11(12)9(3)13-14)7-16-6-8(2)5-15/h8,15H,4-7H2,1-3H3. The lowest BCUT2D eigenvalue weighted by atomic mass is 10.2. The zero-order chi connectivity index (χ0) is 12.1. The van der Waals surface area contributed by atoms with Crippen LogP contribution in [0.15, 0.2) is 0 Å². The SMILES string of the molecule is CCn1nc(C)c(Cl)c1CSCC(C)CO. The van der Waals surface area contributed by atoms with Crippen LogP contribution in [0.1, 0.15) is 25.2 Å². The van der Waals surface area contributed by atoms with Crippen molar-refractivity contribution in [1.29, 1.82) is 0 Å². The van der Waals surface area contributed by atoms with Gasteiger partial charge in [-0.25, -0.2) is 0 Å². The highest BCUT2D eigenvalue weighted by molar-refractivity contribution is 7.98. The van der Waals surface area contributed by atoms with Crippen LogP contribution in [0.5, 0.6) is 0 Å². The van der Waals surface area contributed by atoms with E-state index in [-0.39, 0.29) is 6.61 Å². The van der Waals surface area contributed by atoms with E-state index in [0.29, 0.717) is 5.92 Å². The quantitative estimate of drug-likeness (QED) is 0.857. The van der Waals surface area contributed by atoms with Crippen LogP contribution in [0.25, 0.3) is 0 Å². The van der Waals surface area contributed by atoms with Crippen LogP contribution in [0.2, 0.25) is 5.02 Å². The fourth-order valence-corrected chi connectivity index (χ4v) is 2.81. The molecule has 3 nitrogen and oxygen atoms in total. The zero-order valence-corrected chi connectivity index (χ0v) is 11.6. The third-order valence-corrected chi connectivity index (χ3v) is 4.18. The minimum Gasteiger partial charge on any atom is -0.396 e. The number of aliphatic hydroxyl groups excluding tert-OH is 1. The molecule has 0 aromatic carbocycles. The number of thioether (sulfide) groups is 1. The predicted octanol–water partition coefficient (Wildman–Crippen LogP) is 2.73. The number of aliphatic hydroxyl groups is 1. The van der Waals surface area contributed by atoms with Crippen LogP contribution in [-0.4, -0.2) is 27.2 Å². The van der Waals surface area contributed by atoms with Crippen LogP contribution >= 0.6 is 23.4 Å².